The number of benzene rings is 1. The Morgan fingerprint density at radius 2 is 1.90 bits per heavy atom. The van der Waals surface area contributed by atoms with E-state index in [9.17, 15) is 0 Å². The summed E-state index contributed by atoms with van der Waals surface area (Å²) >= 11 is 9.34. The molecule has 5 nitrogen and oxygen atoms in total. The molecule has 7 heteroatoms. The van der Waals surface area contributed by atoms with Crippen LogP contribution in [0.25, 0.3) is 0 Å². The zero-order chi connectivity index (χ0) is 15.2. The molecular formula is C14H16BrClN4O. The van der Waals surface area contributed by atoms with Crippen molar-refractivity contribution in [3.8, 4) is 6.01 Å². The van der Waals surface area contributed by atoms with Crippen LogP contribution in [0.4, 0.5) is 5.95 Å². The molecule has 0 saturated heterocycles. The van der Waals surface area contributed by atoms with Gasteiger partial charge in [-0.2, -0.15) is 15.0 Å². The maximum absolute atomic E-state index is 5.92. The van der Waals surface area contributed by atoms with Crippen LogP contribution in [-0.4, -0.2) is 28.6 Å². The predicted octanol–water partition coefficient (Wildman–Crippen LogP) is 3.71. The smallest absolute Gasteiger partial charge is 0.322 e. The maximum atomic E-state index is 5.92. The third kappa shape index (κ3) is 4.82. The van der Waals surface area contributed by atoms with Crippen molar-refractivity contribution in [3.05, 3.63) is 39.6 Å². The number of aromatic nitrogens is 3. The fourth-order valence-electron chi connectivity index (χ4n) is 1.68. The first kappa shape index (κ1) is 16.0. The van der Waals surface area contributed by atoms with Crippen LogP contribution >= 0.6 is 27.5 Å². The molecule has 2 rings (SSSR count). The summed E-state index contributed by atoms with van der Waals surface area (Å²) < 4.78 is 6.46. The Balaban J connectivity index is 2.12. The van der Waals surface area contributed by atoms with Crippen LogP contribution in [0.3, 0.4) is 0 Å². The van der Waals surface area contributed by atoms with Crippen molar-refractivity contribution in [2.75, 3.05) is 18.6 Å². The number of ether oxygens (including phenoxy) is 1. The van der Waals surface area contributed by atoms with Gasteiger partial charge >= 0.3 is 6.01 Å². The first-order chi connectivity index (χ1) is 10.1. The van der Waals surface area contributed by atoms with E-state index >= 15 is 0 Å². The van der Waals surface area contributed by atoms with E-state index in [0.29, 0.717) is 19.1 Å². The van der Waals surface area contributed by atoms with Gasteiger partial charge in [-0.15, -0.1) is 0 Å². The van der Waals surface area contributed by atoms with Gasteiger partial charge < -0.3 is 9.64 Å². The second kappa shape index (κ2) is 7.56. The van der Waals surface area contributed by atoms with E-state index < -0.39 is 0 Å². The lowest BCUT2D eigenvalue weighted by Crippen LogP contribution is -2.20. The minimum absolute atomic E-state index is 0.133. The topological polar surface area (TPSA) is 51.1 Å². The molecule has 0 atom stereocenters. The van der Waals surface area contributed by atoms with Crippen molar-refractivity contribution in [2.45, 2.75) is 19.9 Å². The fourth-order valence-corrected chi connectivity index (χ4v) is 2.10. The Hall–Kier alpha value is -1.40. The average Bonchev–Trinajstić information content (AvgIpc) is 2.47. The lowest BCUT2D eigenvalue weighted by atomic mass is 10.2. The molecule has 2 aromatic rings. The van der Waals surface area contributed by atoms with Gasteiger partial charge in [0.15, 0.2) is 0 Å². The number of hydrogen-bond donors (Lipinski definition) is 0. The van der Waals surface area contributed by atoms with E-state index in [2.05, 4.69) is 30.9 Å². The van der Waals surface area contributed by atoms with E-state index in [1.807, 2.05) is 43.1 Å². The van der Waals surface area contributed by atoms with Gasteiger partial charge in [0.1, 0.15) is 0 Å². The summed E-state index contributed by atoms with van der Waals surface area (Å²) in [6, 6.07) is 8.34. The number of rotatable bonds is 6. The molecule has 0 spiro atoms. The first-order valence-electron chi connectivity index (χ1n) is 6.58. The Labute approximate surface area is 137 Å². The highest BCUT2D eigenvalue weighted by atomic mass is 79.9. The maximum Gasteiger partial charge on any atom is 0.322 e. The highest BCUT2D eigenvalue weighted by molar-refractivity contribution is 9.10. The summed E-state index contributed by atoms with van der Waals surface area (Å²) in [6.07, 6.45) is 0.882. The predicted molar refractivity (Wildman–Crippen MR) is 86.9 cm³/mol. The second-order valence-corrected chi connectivity index (χ2v) is 5.77. The van der Waals surface area contributed by atoms with Crippen molar-refractivity contribution in [3.63, 3.8) is 0 Å². The lowest BCUT2D eigenvalue weighted by molar-refractivity contribution is 0.291. The van der Waals surface area contributed by atoms with Gasteiger partial charge in [0.25, 0.3) is 0 Å². The van der Waals surface area contributed by atoms with Crippen LogP contribution in [-0.2, 0) is 6.54 Å². The lowest BCUT2D eigenvalue weighted by Gasteiger charge is -2.17. The minimum atomic E-state index is 0.133. The Kier molecular flexibility index (Phi) is 5.76. The third-order valence-electron chi connectivity index (χ3n) is 2.69. The van der Waals surface area contributed by atoms with Crippen molar-refractivity contribution in [1.29, 1.82) is 0 Å². The monoisotopic (exact) mass is 370 g/mol. The summed E-state index contributed by atoms with van der Waals surface area (Å²) in [6.45, 7) is 3.24. The van der Waals surface area contributed by atoms with Gasteiger partial charge in [-0.05, 0) is 35.7 Å². The van der Waals surface area contributed by atoms with Gasteiger partial charge in [-0.1, -0.05) is 35.0 Å². The number of anilines is 1. The molecule has 0 aliphatic carbocycles. The van der Waals surface area contributed by atoms with Crippen LogP contribution in [0.15, 0.2) is 28.7 Å². The molecule has 0 bridgehead atoms. The summed E-state index contributed by atoms with van der Waals surface area (Å²) in [7, 11) is 1.90. The highest BCUT2D eigenvalue weighted by Gasteiger charge is 2.10. The van der Waals surface area contributed by atoms with E-state index in [1.165, 1.54) is 0 Å². The third-order valence-corrected chi connectivity index (χ3v) is 3.38. The van der Waals surface area contributed by atoms with E-state index in [4.69, 9.17) is 16.3 Å². The molecule has 21 heavy (non-hydrogen) atoms. The quantitative estimate of drug-likeness (QED) is 0.774. The SMILES string of the molecule is CCCOc1nc(Cl)nc(N(C)Cc2ccc(Br)cc2)n1. The standard InChI is InChI=1S/C14H16BrClN4O/c1-3-8-21-14-18-12(16)17-13(19-14)20(2)9-10-4-6-11(15)7-5-10/h4-7H,3,8-9H2,1-2H3. The van der Waals surface area contributed by atoms with Crippen LogP contribution in [0.2, 0.25) is 5.28 Å². The molecule has 1 heterocycles. The zero-order valence-electron chi connectivity index (χ0n) is 11.9. The minimum Gasteiger partial charge on any atom is -0.463 e. The molecule has 0 unspecified atom stereocenters. The van der Waals surface area contributed by atoms with Crippen LogP contribution in [0.5, 0.6) is 6.01 Å². The molecule has 0 saturated carbocycles. The summed E-state index contributed by atoms with van der Waals surface area (Å²) in [4.78, 5) is 14.3. The molecule has 0 radical (unpaired) electrons. The van der Waals surface area contributed by atoms with Crippen molar-refractivity contribution < 1.29 is 4.74 Å². The Morgan fingerprint density at radius 3 is 2.57 bits per heavy atom. The van der Waals surface area contributed by atoms with Gasteiger partial charge in [-0.25, -0.2) is 0 Å². The summed E-state index contributed by atoms with van der Waals surface area (Å²) in [5.41, 5.74) is 1.15. The van der Waals surface area contributed by atoms with E-state index in [1.54, 1.807) is 0 Å². The largest absolute Gasteiger partial charge is 0.463 e. The van der Waals surface area contributed by atoms with Gasteiger partial charge in [0.05, 0.1) is 6.61 Å². The van der Waals surface area contributed by atoms with Crippen molar-refractivity contribution >= 4 is 33.5 Å². The average molecular weight is 372 g/mol. The van der Waals surface area contributed by atoms with Crippen molar-refractivity contribution in [1.82, 2.24) is 15.0 Å². The summed E-state index contributed by atoms with van der Waals surface area (Å²) in [5.74, 6) is 0.490. The number of hydrogen-bond acceptors (Lipinski definition) is 5. The molecule has 0 aliphatic heterocycles. The molecular weight excluding hydrogens is 356 g/mol. The highest BCUT2D eigenvalue weighted by Crippen LogP contribution is 2.17. The second-order valence-electron chi connectivity index (χ2n) is 4.52. The first-order valence-corrected chi connectivity index (χ1v) is 7.75. The van der Waals surface area contributed by atoms with Crippen LogP contribution in [0.1, 0.15) is 18.9 Å². The zero-order valence-corrected chi connectivity index (χ0v) is 14.2. The molecule has 1 aromatic heterocycles. The Morgan fingerprint density at radius 1 is 1.19 bits per heavy atom. The summed E-state index contributed by atoms with van der Waals surface area (Å²) in [5, 5.41) is 0.133. The molecule has 112 valence electrons. The fraction of sp³-hybridized carbons (Fsp3) is 0.357. The van der Waals surface area contributed by atoms with Crippen LogP contribution < -0.4 is 9.64 Å². The van der Waals surface area contributed by atoms with Gasteiger partial charge in [0.2, 0.25) is 11.2 Å². The van der Waals surface area contributed by atoms with Gasteiger partial charge in [-0.3, -0.25) is 0 Å². The van der Waals surface area contributed by atoms with Crippen molar-refractivity contribution in [2.24, 2.45) is 0 Å². The van der Waals surface area contributed by atoms with E-state index in [0.717, 1.165) is 16.5 Å². The molecule has 0 aliphatic rings. The van der Waals surface area contributed by atoms with Crippen LogP contribution in [0, 0.1) is 0 Å². The molecule has 0 fully saturated rings. The van der Waals surface area contributed by atoms with Gasteiger partial charge in [0, 0.05) is 18.1 Å². The van der Waals surface area contributed by atoms with E-state index in [-0.39, 0.29) is 11.3 Å². The normalized spacial score (nSPS) is 10.5. The molecule has 0 amide bonds. The molecule has 0 N–H and O–H groups in total. The Bertz CT molecular complexity index is 594. The molecule has 1 aromatic carbocycles. The number of halogens is 2. The number of nitrogens with zero attached hydrogens (tertiary/aromatic N) is 4.